The van der Waals surface area contributed by atoms with Gasteiger partial charge in [-0.2, -0.15) is 0 Å². The average molecular weight is 342 g/mol. The molecule has 6 heteroatoms. The number of amides is 1. The molecule has 0 unspecified atom stereocenters. The number of hydrogen-bond acceptors (Lipinski definition) is 3. The standard InChI is InChI=1S/C17H24F2N2OS/c18-15-7-6-14(12-16(15)19)23-13-17(22)20-8-5-11-21-9-3-1-2-4-10-21/h6-7,12H,1-5,8-11,13H2,(H,20,22). The lowest BCUT2D eigenvalue weighted by Crippen LogP contribution is -2.31. The van der Waals surface area contributed by atoms with E-state index in [1.807, 2.05) is 0 Å². The Kier molecular flexibility index (Phi) is 7.82. The zero-order chi connectivity index (χ0) is 16.5. The van der Waals surface area contributed by atoms with Gasteiger partial charge in [-0.05, 0) is 57.1 Å². The first kappa shape index (κ1) is 18.2. The second kappa shape index (κ2) is 9.88. The van der Waals surface area contributed by atoms with Crippen molar-refractivity contribution in [2.45, 2.75) is 37.0 Å². The zero-order valence-corrected chi connectivity index (χ0v) is 14.1. The number of halogens is 2. The third kappa shape index (κ3) is 6.87. The number of nitrogens with zero attached hydrogens (tertiary/aromatic N) is 1. The molecule has 1 amide bonds. The van der Waals surface area contributed by atoms with Crippen molar-refractivity contribution in [1.82, 2.24) is 10.2 Å². The molecule has 3 nitrogen and oxygen atoms in total. The normalized spacial score (nSPS) is 16.1. The fourth-order valence-electron chi connectivity index (χ4n) is 2.66. The van der Waals surface area contributed by atoms with Crippen LogP contribution in [-0.2, 0) is 4.79 Å². The molecule has 0 spiro atoms. The van der Waals surface area contributed by atoms with Gasteiger partial charge in [-0.15, -0.1) is 11.8 Å². The van der Waals surface area contributed by atoms with Crippen molar-refractivity contribution in [2.24, 2.45) is 0 Å². The molecular formula is C17H24F2N2OS. The van der Waals surface area contributed by atoms with Crippen molar-refractivity contribution in [1.29, 1.82) is 0 Å². The van der Waals surface area contributed by atoms with E-state index < -0.39 is 11.6 Å². The molecule has 1 aromatic rings. The molecule has 0 aliphatic carbocycles. The van der Waals surface area contributed by atoms with Crippen molar-refractivity contribution in [3.8, 4) is 0 Å². The molecule has 1 aliphatic heterocycles. The molecule has 0 radical (unpaired) electrons. The Balaban J connectivity index is 1.58. The molecule has 23 heavy (non-hydrogen) atoms. The fraction of sp³-hybridized carbons (Fsp3) is 0.588. The van der Waals surface area contributed by atoms with Gasteiger partial charge in [0.05, 0.1) is 5.75 Å². The topological polar surface area (TPSA) is 32.3 Å². The highest BCUT2D eigenvalue weighted by atomic mass is 32.2. The van der Waals surface area contributed by atoms with Gasteiger partial charge in [0.15, 0.2) is 11.6 Å². The lowest BCUT2D eigenvalue weighted by atomic mass is 10.2. The van der Waals surface area contributed by atoms with Gasteiger partial charge in [0.2, 0.25) is 5.91 Å². The highest BCUT2D eigenvalue weighted by molar-refractivity contribution is 8.00. The summed E-state index contributed by atoms with van der Waals surface area (Å²) in [5.74, 6) is -1.61. The second-order valence-electron chi connectivity index (χ2n) is 5.82. The van der Waals surface area contributed by atoms with Crippen LogP contribution in [0.4, 0.5) is 8.78 Å². The third-order valence-corrected chi connectivity index (χ3v) is 4.93. The first-order valence-electron chi connectivity index (χ1n) is 8.22. The first-order chi connectivity index (χ1) is 11.1. The molecule has 1 N–H and O–H groups in total. The van der Waals surface area contributed by atoms with E-state index in [0.29, 0.717) is 11.4 Å². The van der Waals surface area contributed by atoms with Crippen LogP contribution in [0, 0.1) is 11.6 Å². The predicted molar refractivity (Wildman–Crippen MR) is 89.6 cm³/mol. The molecule has 1 aliphatic rings. The van der Waals surface area contributed by atoms with Crippen molar-refractivity contribution in [2.75, 3.05) is 31.9 Å². The number of hydrogen-bond donors (Lipinski definition) is 1. The van der Waals surface area contributed by atoms with Crippen molar-refractivity contribution in [3.63, 3.8) is 0 Å². The van der Waals surface area contributed by atoms with Gasteiger partial charge < -0.3 is 10.2 Å². The monoisotopic (exact) mass is 342 g/mol. The van der Waals surface area contributed by atoms with E-state index in [1.165, 1.54) is 56.6 Å². The van der Waals surface area contributed by atoms with Gasteiger partial charge in [0.25, 0.3) is 0 Å². The largest absolute Gasteiger partial charge is 0.355 e. The van der Waals surface area contributed by atoms with Crippen LogP contribution >= 0.6 is 11.8 Å². The van der Waals surface area contributed by atoms with Crippen LogP contribution in [0.5, 0.6) is 0 Å². The van der Waals surface area contributed by atoms with E-state index in [0.717, 1.165) is 25.1 Å². The van der Waals surface area contributed by atoms with E-state index in [1.54, 1.807) is 0 Å². The summed E-state index contributed by atoms with van der Waals surface area (Å²) in [7, 11) is 0. The van der Waals surface area contributed by atoms with Gasteiger partial charge in [-0.1, -0.05) is 12.8 Å². The van der Waals surface area contributed by atoms with Gasteiger partial charge in [-0.3, -0.25) is 4.79 Å². The van der Waals surface area contributed by atoms with Crippen LogP contribution in [0.3, 0.4) is 0 Å². The van der Waals surface area contributed by atoms with E-state index >= 15 is 0 Å². The highest BCUT2D eigenvalue weighted by Gasteiger charge is 2.09. The summed E-state index contributed by atoms with van der Waals surface area (Å²) in [5, 5.41) is 2.88. The summed E-state index contributed by atoms with van der Waals surface area (Å²) < 4.78 is 25.9. The Labute approximate surface area is 140 Å². The first-order valence-corrected chi connectivity index (χ1v) is 9.20. The lowest BCUT2D eigenvalue weighted by Gasteiger charge is -2.19. The second-order valence-corrected chi connectivity index (χ2v) is 6.87. The summed E-state index contributed by atoms with van der Waals surface area (Å²) >= 11 is 1.21. The zero-order valence-electron chi connectivity index (χ0n) is 13.3. The molecule has 1 fully saturated rings. The number of rotatable bonds is 7. The summed E-state index contributed by atoms with van der Waals surface area (Å²) in [5.41, 5.74) is 0. The molecule has 1 saturated heterocycles. The summed E-state index contributed by atoms with van der Waals surface area (Å²) in [6.45, 7) is 4.02. The van der Waals surface area contributed by atoms with Gasteiger partial charge in [0.1, 0.15) is 0 Å². The molecule has 2 rings (SSSR count). The van der Waals surface area contributed by atoms with Crippen LogP contribution in [0.2, 0.25) is 0 Å². The van der Waals surface area contributed by atoms with Crippen LogP contribution in [0.1, 0.15) is 32.1 Å². The van der Waals surface area contributed by atoms with Gasteiger partial charge in [0, 0.05) is 11.4 Å². The highest BCUT2D eigenvalue weighted by Crippen LogP contribution is 2.20. The smallest absolute Gasteiger partial charge is 0.230 e. The van der Waals surface area contributed by atoms with E-state index in [4.69, 9.17) is 0 Å². The lowest BCUT2D eigenvalue weighted by molar-refractivity contribution is -0.118. The Bertz CT molecular complexity index is 505. The molecule has 1 aromatic carbocycles. The quantitative estimate of drug-likeness (QED) is 0.608. The van der Waals surface area contributed by atoms with E-state index in [-0.39, 0.29) is 11.7 Å². The SMILES string of the molecule is O=C(CSc1ccc(F)c(F)c1)NCCCN1CCCCCC1. The van der Waals surface area contributed by atoms with Crippen molar-refractivity contribution in [3.05, 3.63) is 29.8 Å². The third-order valence-electron chi connectivity index (χ3n) is 3.93. The predicted octanol–water partition coefficient (Wildman–Crippen LogP) is 3.44. The fourth-order valence-corrected chi connectivity index (χ4v) is 3.41. The minimum atomic E-state index is -0.882. The maximum Gasteiger partial charge on any atom is 0.230 e. The summed E-state index contributed by atoms with van der Waals surface area (Å²) in [6.07, 6.45) is 6.15. The van der Waals surface area contributed by atoms with Crippen LogP contribution in [0.25, 0.3) is 0 Å². The van der Waals surface area contributed by atoms with Crippen molar-refractivity contribution >= 4 is 17.7 Å². The molecule has 0 saturated carbocycles. The molecule has 1 heterocycles. The number of carbonyl (C=O) groups is 1. The molecule has 0 atom stereocenters. The number of nitrogens with one attached hydrogen (secondary N) is 1. The maximum atomic E-state index is 13.1. The Morgan fingerprint density at radius 1 is 1.13 bits per heavy atom. The van der Waals surface area contributed by atoms with Crippen LogP contribution < -0.4 is 5.32 Å². The Hall–Kier alpha value is -1.14. The maximum absolute atomic E-state index is 13.1. The number of thioether (sulfide) groups is 1. The Morgan fingerprint density at radius 3 is 2.57 bits per heavy atom. The molecular weight excluding hydrogens is 318 g/mol. The minimum absolute atomic E-state index is 0.0735. The minimum Gasteiger partial charge on any atom is -0.355 e. The van der Waals surface area contributed by atoms with Crippen LogP contribution in [0.15, 0.2) is 23.1 Å². The van der Waals surface area contributed by atoms with Gasteiger partial charge >= 0.3 is 0 Å². The summed E-state index contributed by atoms with van der Waals surface area (Å²) in [6, 6.07) is 3.68. The van der Waals surface area contributed by atoms with Gasteiger partial charge in [-0.25, -0.2) is 8.78 Å². The Morgan fingerprint density at radius 2 is 1.87 bits per heavy atom. The summed E-state index contributed by atoms with van der Waals surface area (Å²) in [4.78, 5) is 14.8. The molecule has 0 bridgehead atoms. The molecule has 128 valence electrons. The number of likely N-dealkylation sites (tertiary alicyclic amines) is 1. The average Bonchev–Trinajstić information content (AvgIpc) is 2.81. The molecule has 0 aromatic heterocycles. The van der Waals surface area contributed by atoms with E-state index in [2.05, 4.69) is 10.2 Å². The number of benzene rings is 1. The van der Waals surface area contributed by atoms with E-state index in [9.17, 15) is 13.6 Å². The van der Waals surface area contributed by atoms with Crippen molar-refractivity contribution < 1.29 is 13.6 Å². The number of carbonyl (C=O) groups excluding carboxylic acids is 1. The van der Waals surface area contributed by atoms with Crippen LogP contribution in [-0.4, -0.2) is 42.7 Å².